The lowest BCUT2D eigenvalue weighted by atomic mass is 10.4. The molecule has 1 aliphatic rings. The summed E-state index contributed by atoms with van der Waals surface area (Å²) in [5, 5.41) is 0. The van der Waals surface area contributed by atoms with Gasteiger partial charge in [0.2, 0.25) is 0 Å². The third-order valence-electron chi connectivity index (χ3n) is 2.07. The van der Waals surface area contributed by atoms with Crippen molar-refractivity contribution in [3.63, 3.8) is 0 Å². The van der Waals surface area contributed by atoms with E-state index in [9.17, 15) is 0 Å². The lowest BCUT2D eigenvalue weighted by Crippen LogP contribution is -1.99. The van der Waals surface area contributed by atoms with Crippen molar-refractivity contribution < 1.29 is 9.47 Å². The molecule has 1 fully saturated rings. The van der Waals surface area contributed by atoms with Gasteiger partial charge in [0, 0.05) is 0 Å². The fourth-order valence-electron chi connectivity index (χ4n) is 1.21. The molecule has 1 aromatic heterocycles. The Balaban J connectivity index is 2.26. The first-order valence-electron chi connectivity index (χ1n) is 4.57. The molecule has 76 valence electrons. The van der Waals surface area contributed by atoms with E-state index in [0.29, 0.717) is 6.10 Å². The van der Waals surface area contributed by atoms with Crippen LogP contribution in [0.25, 0.3) is 0 Å². The van der Waals surface area contributed by atoms with Gasteiger partial charge in [0.05, 0.1) is 30.5 Å². The molecule has 0 radical (unpaired) electrons. The number of hydrogen-bond donors (Lipinski definition) is 0. The van der Waals surface area contributed by atoms with Crippen LogP contribution in [0.1, 0.15) is 12.8 Å². The van der Waals surface area contributed by atoms with E-state index in [-0.39, 0.29) is 0 Å². The number of nitrogens with zero attached hydrogens (tertiary/aromatic N) is 1. The third kappa shape index (κ3) is 1.95. The van der Waals surface area contributed by atoms with Crippen molar-refractivity contribution in [1.29, 1.82) is 0 Å². The number of pyridine rings is 1. The minimum atomic E-state index is 0.398. The zero-order chi connectivity index (χ0) is 9.97. The number of thioether (sulfide) groups is 1. The number of hydrogen-bond acceptors (Lipinski definition) is 4. The standard InChI is InChI=1S/C10H13NO2S/c1-12-8-5-11-6-9(10(8)14-2)13-7-3-4-7/h5-7H,3-4H2,1-2H3. The Labute approximate surface area is 87.8 Å². The van der Waals surface area contributed by atoms with E-state index in [1.54, 1.807) is 31.3 Å². The summed E-state index contributed by atoms with van der Waals surface area (Å²) in [6.45, 7) is 0. The Kier molecular flexibility index (Phi) is 2.82. The van der Waals surface area contributed by atoms with E-state index in [2.05, 4.69) is 4.98 Å². The molecule has 0 unspecified atom stereocenters. The number of ether oxygens (including phenoxy) is 2. The lowest BCUT2D eigenvalue weighted by Gasteiger charge is -2.11. The van der Waals surface area contributed by atoms with E-state index in [1.807, 2.05) is 6.26 Å². The number of methoxy groups -OCH3 is 1. The normalized spacial score (nSPS) is 15.3. The van der Waals surface area contributed by atoms with Crippen molar-refractivity contribution in [1.82, 2.24) is 4.98 Å². The smallest absolute Gasteiger partial charge is 0.155 e. The maximum atomic E-state index is 5.73. The van der Waals surface area contributed by atoms with Crippen LogP contribution in [0.15, 0.2) is 17.3 Å². The average molecular weight is 211 g/mol. The van der Waals surface area contributed by atoms with E-state index in [4.69, 9.17) is 9.47 Å². The molecule has 0 saturated heterocycles. The van der Waals surface area contributed by atoms with Crippen LogP contribution in [0, 0.1) is 0 Å². The van der Waals surface area contributed by atoms with E-state index in [1.165, 1.54) is 0 Å². The highest BCUT2D eigenvalue weighted by Gasteiger charge is 2.25. The van der Waals surface area contributed by atoms with Crippen LogP contribution >= 0.6 is 11.8 Å². The van der Waals surface area contributed by atoms with Gasteiger partial charge in [-0.25, -0.2) is 0 Å². The lowest BCUT2D eigenvalue weighted by molar-refractivity contribution is 0.289. The van der Waals surface area contributed by atoms with Crippen LogP contribution in [0.3, 0.4) is 0 Å². The molecule has 0 aliphatic heterocycles. The maximum Gasteiger partial charge on any atom is 0.155 e. The molecule has 0 spiro atoms. The largest absolute Gasteiger partial charge is 0.494 e. The number of rotatable bonds is 4. The van der Waals surface area contributed by atoms with Crippen LogP contribution in [0.5, 0.6) is 11.5 Å². The Morgan fingerprint density at radius 1 is 1.36 bits per heavy atom. The van der Waals surface area contributed by atoms with Gasteiger partial charge in [0.15, 0.2) is 11.5 Å². The van der Waals surface area contributed by atoms with E-state index >= 15 is 0 Å². The van der Waals surface area contributed by atoms with Crippen molar-refractivity contribution in [2.45, 2.75) is 23.8 Å². The first-order chi connectivity index (χ1) is 6.85. The molecule has 4 heteroatoms. The molecule has 3 nitrogen and oxygen atoms in total. The van der Waals surface area contributed by atoms with Gasteiger partial charge in [-0.3, -0.25) is 4.98 Å². The Bertz CT molecular complexity index is 326. The maximum absolute atomic E-state index is 5.73. The molecule has 2 rings (SSSR count). The third-order valence-corrected chi connectivity index (χ3v) is 2.88. The SMILES string of the molecule is COc1cncc(OC2CC2)c1SC. The highest BCUT2D eigenvalue weighted by atomic mass is 32.2. The van der Waals surface area contributed by atoms with Gasteiger partial charge in [-0.2, -0.15) is 0 Å². The minimum Gasteiger partial charge on any atom is -0.494 e. The first-order valence-corrected chi connectivity index (χ1v) is 5.80. The van der Waals surface area contributed by atoms with Crippen molar-refractivity contribution in [3.05, 3.63) is 12.4 Å². The van der Waals surface area contributed by atoms with Crippen LogP contribution < -0.4 is 9.47 Å². The van der Waals surface area contributed by atoms with Crippen LogP contribution in [0.2, 0.25) is 0 Å². The molecule has 0 aromatic carbocycles. The van der Waals surface area contributed by atoms with Crippen molar-refractivity contribution in [2.75, 3.05) is 13.4 Å². The minimum absolute atomic E-state index is 0.398. The van der Waals surface area contributed by atoms with Crippen LogP contribution in [-0.2, 0) is 0 Å². The van der Waals surface area contributed by atoms with Gasteiger partial charge in [0.25, 0.3) is 0 Å². The zero-order valence-electron chi connectivity index (χ0n) is 8.32. The average Bonchev–Trinajstić information content (AvgIpc) is 3.01. The Morgan fingerprint density at radius 3 is 2.64 bits per heavy atom. The summed E-state index contributed by atoms with van der Waals surface area (Å²) in [4.78, 5) is 5.12. The van der Waals surface area contributed by atoms with Crippen molar-refractivity contribution in [3.8, 4) is 11.5 Å². The fraction of sp³-hybridized carbons (Fsp3) is 0.500. The van der Waals surface area contributed by atoms with Gasteiger partial charge < -0.3 is 9.47 Å². The molecule has 1 aromatic rings. The molecule has 1 heterocycles. The molecule has 1 saturated carbocycles. The molecule has 14 heavy (non-hydrogen) atoms. The van der Waals surface area contributed by atoms with Gasteiger partial charge in [-0.15, -0.1) is 11.8 Å². The van der Waals surface area contributed by atoms with Crippen LogP contribution in [-0.4, -0.2) is 24.5 Å². The summed E-state index contributed by atoms with van der Waals surface area (Å²) in [5.74, 6) is 1.63. The molecule has 0 N–H and O–H groups in total. The highest BCUT2D eigenvalue weighted by molar-refractivity contribution is 7.98. The molecule has 0 bridgehead atoms. The summed E-state index contributed by atoms with van der Waals surface area (Å²) < 4.78 is 10.9. The molecule has 1 aliphatic carbocycles. The van der Waals surface area contributed by atoms with Gasteiger partial charge in [-0.05, 0) is 19.1 Å². The van der Waals surface area contributed by atoms with Gasteiger partial charge >= 0.3 is 0 Å². The van der Waals surface area contributed by atoms with E-state index in [0.717, 1.165) is 29.2 Å². The fourth-order valence-corrected chi connectivity index (χ4v) is 1.85. The second-order valence-electron chi connectivity index (χ2n) is 3.19. The van der Waals surface area contributed by atoms with E-state index < -0.39 is 0 Å². The number of aromatic nitrogens is 1. The Hall–Kier alpha value is -0.900. The van der Waals surface area contributed by atoms with Crippen molar-refractivity contribution >= 4 is 11.8 Å². The predicted molar refractivity (Wildman–Crippen MR) is 56.2 cm³/mol. The van der Waals surface area contributed by atoms with Gasteiger partial charge in [-0.1, -0.05) is 0 Å². The van der Waals surface area contributed by atoms with Crippen LogP contribution in [0.4, 0.5) is 0 Å². The summed E-state index contributed by atoms with van der Waals surface area (Å²) in [6, 6.07) is 0. The summed E-state index contributed by atoms with van der Waals surface area (Å²) in [5.41, 5.74) is 0. The molecule has 0 atom stereocenters. The predicted octanol–water partition coefficient (Wildman–Crippen LogP) is 2.35. The summed E-state index contributed by atoms with van der Waals surface area (Å²) >= 11 is 1.63. The topological polar surface area (TPSA) is 31.4 Å². The molecular formula is C10H13NO2S. The molecule has 0 amide bonds. The Morgan fingerprint density at radius 2 is 2.07 bits per heavy atom. The second-order valence-corrected chi connectivity index (χ2v) is 4.01. The summed E-state index contributed by atoms with van der Waals surface area (Å²) in [6.07, 6.45) is 8.20. The molecular weight excluding hydrogens is 198 g/mol. The monoisotopic (exact) mass is 211 g/mol. The van der Waals surface area contributed by atoms with Crippen molar-refractivity contribution in [2.24, 2.45) is 0 Å². The second kappa shape index (κ2) is 4.09. The first kappa shape index (κ1) is 9.65. The highest BCUT2D eigenvalue weighted by Crippen LogP contribution is 2.38. The van der Waals surface area contributed by atoms with Gasteiger partial charge in [0.1, 0.15) is 0 Å². The quantitative estimate of drug-likeness (QED) is 0.715. The summed E-state index contributed by atoms with van der Waals surface area (Å²) in [7, 11) is 1.65. The zero-order valence-corrected chi connectivity index (χ0v) is 9.13.